The molecule has 3 aromatic carbocycles. The number of aliphatic hydroxyl groups excluding tert-OH is 3. The predicted molar refractivity (Wildman–Crippen MR) is 155 cm³/mol. The lowest BCUT2D eigenvalue weighted by Crippen LogP contribution is -2.60. The lowest BCUT2D eigenvalue weighted by molar-refractivity contribution is -0.278. The molecule has 0 bridgehead atoms. The van der Waals surface area contributed by atoms with E-state index < -0.39 is 60.9 Å². The highest BCUT2D eigenvalue weighted by Crippen LogP contribution is 2.49. The Bertz CT molecular complexity index is 1630. The highest BCUT2D eigenvalue weighted by molar-refractivity contribution is 6.04. The molecule has 2 aliphatic rings. The first kappa shape index (κ1) is 31.6. The quantitative estimate of drug-likeness (QED) is 0.114. The smallest absolute Gasteiger partial charge is 0.330 e. The number of hydrogen-bond donors (Lipinski definition) is 7. The summed E-state index contributed by atoms with van der Waals surface area (Å²) in [5, 5.41) is 72.3. The van der Waals surface area contributed by atoms with E-state index in [1.165, 1.54) is 50.3 Å². The van der Waals surface area contributed by atoms with Crippen LogP contribution in [0, 0.1) is 13.8 Å². The maximum absolute atomic E-state index is 13.1. The van der Waals surface area contributed by atoms with Gasteiger partial charge in [0.2, 0.25) is 6.29 Å². The van der Waals surface area contributed by atoms with Crippen LogP contribution in [0.3, 0.4) is 0 Å². The Morgan fingerprint density at radius 2 is 1.62 bits per heavy atom. The molecule has 0 amide bonds. The molecule has 1 fully saturated rings. The molecule has 5 rings (SSSR count). The van der Waals surface area contributed by atoms with E-state index >= 15 is 0 Å². The van der Waals surface area contributed by atoms with Crippen molar-refractivity contribution in [1.29, 1.82) is 0 Å². The van der Waals surface area contributed by atoms with E-state index in [1.807, 2.05) is 0 Å². The Morgan fingerprint density at radius 3 is 2.33 bits per heavy atom. The molecule has 0 aliphatic carbocycles. The van der Waals surface area contributed by atoms with E-state index in [0.717, 1.165) is 6.08 Å². The van der Waals surface area contributed by atoms with Gasteiger partial charge >= 0.3 is 5.97 Å². The van der Waals surface area contributed by atoms with Gasteiger partial charge in [-0.15, -0.1) is 0 Å². The second kappa shape index (κ2) is 12.7. The zero-order chi connectivity index (χ0) is 32.6. The zero-order valence-electron chi connectivity index (χ0n) is 24.2. The van der Waals surface area contributed by atoms with Crippen molar-refractivity contribution in [3.8, 4) is 34.5 Å². The first-order chi connectivity index (χ1) is 21.3. The van der Waals surface area contributed by atoms with Gasteiger partial charge in [-0.2, -0.15) is 0 Å². The minimum absolute atomic E-state index is 0.0555. The number of ketones is 1. The number of aliphatic hydroxyl groups is 3. The number of carbonyl (C=O) groups is 2. The second-order valence-electron chi connectivity index (χ2n) is 10.8. The van der Waals surface area contributed by atoms with Crippen LogP contribution >= 0.6 is 0 Å². The molecule has 7 N–H and O–H groups in total. The maximum Gasteiger partial charge on any atom is 0.330 e. The molecule has 0 saturated carbocycles. The highest BCUT2D eigenvalue weighted by atomic mass is 16.7. The monoisotopic (exact) mass is 624 g/mol. The Balaban J connectivity index is 1.35. The van der Waals surface area contributed by atoms with Crippen LogP contribution in [0.1, 0.15) is 45.1 Å². The van der Waals surface area contributed by atoms with Crippen molar-refractivity contribution in [3.63, 3.8) is 0 Å². The van der Waals surface area contributed by atoms with E-state index in [-0.39, 0.29) is 57.4 Å². The maximum atomic E-state index is 13.1. The molecule has 13 heteroatoms. The van der Waals surface area contributed by atoms with Gasteiger partial charge in [0.15, 0.2) is 5.78 Å². The largest absolute Gasteiger partial charge is 0.508 e. The van der Waals surface area contributed by atoms with Gasteiger partial charge in [0.1, 0.15) is 77.2 Å². The number of benzene rings is 3. The van der Waals surface area contributed by atoms with Crippen molar-refractivity contribution in [2.75, 3.05) is 6.61 Å². The summed E-state index contributed by atoms with van der Waals surface area (Å²) in [5.74, 6) is -2.17. The number of esters is 1. The first-order valence-electron chi connectivity index (χ1n) is 13.9. The molecule has 238 valence electrons. The number of carbonyl (C=O) groups excluding carboxylic acids is 2. The van der Waals surface area contributed by atoms with Gasteiger partial charge in [-0.3, -0.25) is 4.79 Å². The summed E-state index contributed by atoms with van der Waals surface area (Å²) >= 11 is 0. The number of phenolic OH excluding ortho intramolecular Hbond substituents is 4. The lowest BCUT2D eigenvalue weighted by Gasteiger charge is -2.40. The Hall–Kier alpha value is -4.82. The molecule has 0 radical (unpaired) electrons. The van der Waals surface area contributed by atoms with E-state index in [4.69, 9.17) is 18.9 Å². The number of ether oxygens (including phenoxy) is 4. The Kier molecular flexibility index (Phi) is 8.89. The zero-order valence-corrected chi connectivity index (χ0v) is 24.2. The number of fused-ring (bicyclic) bond motifs is 1. The average molecular weight is 625 g/mol. The predicted octanol–water partition coefficient (Wildman–Crippen LogP) is 2.28. The number of hydrogen-bond acceptors (Lipinski definition) is 13. The highest BCUT2D eigenvalue weighted by Gasteiger charge is 2.46. The van der Waals surface area contributed by atoms with Gasteiger partial charge in [0.25, 0.3) is 0 Å². The van der Waals surface area contributed by atoms with E-state index in [9.17, 15) is 45.3 Å². The molecule has 3 aromatic rings. The molecule has 0 spiro atoms. The average Bonchev–Trinajstić information content (AvgIpc) is 3.01. The van der Waals surface area contributed by atoms with Crippen molar-refractivity contribution in [3.05, 3.63) is 76.4 Å². The van der Waals surface area contributed by atoms with Gasteiger partial charge in [-0.05, 0) is 55.8 Å². The summed E-state index contributed by atoms with van der Waals surface area (Å²) in [4.78, 5) is 25.4. The van der Waals surface area contributed by atoms with Crippen molar-refractivity contribution in [2.45, 2.75) is 57.1 Å². The Labute approximate surface area is 256 Å². The normalized spacial score (nSPS) is 24.6. The summed E-state index contributed by atoms with van der Waals surface area (Å²) in [6.07, 6.45) is -6.87. The third-order valence-corrected chi connectivity index (χ3v) is 7.71. The topological polar surface area (TPSA) is 213 Å². The number of Topliss-reactive ketones (excluding diaryl/α,β-unsaturated/α-hetero) is 1. The van der Waals surface area contributed by atoms with Gasteiger partial charge < -0.3 is 54.7 Å². The van der Waals surface area contributed by atoms with Crippen LogP contribution < -0.4 is 9.47 Å². The summed E-state index contributed by atoms with van der Waals surface area (Å²) in [5.41, 5.74) is 0.964. The van der Waals surface area contributed by atoms with Crippen LogP contribution in [-0.4, -0.2) is 84.8 Å². The molecular formula is C32H32O13. The number of phenols is 4. The molecule has 0 aromatic heterocycles. The summed E-state index contributed by atoms with van der Waals surface area (Å²) in [6.45, 7) is 2.46. The minimum atomic E-state index is -1.78. The summed E-state index contributed by atoms with van der Waals surface area (Å²) in [7, 11) is 0. The van der Waals surface area contributed by atoms with E-state index in [2.05, 4.69) is 0 Å². The van der Waals surface area contributed by atoms with Gasteiger partial charge in [-0.25, -0.2) is 4.79 Å². The number of aromatic hydroxyl groups is 4. The molecule has 45 heavy (non-hydrogen) atoms. The van der Waals surface area contributed by atoms with Crippen molar-refractivity contribution in [2.24, 2.45) is 0 Å². The third-order valence-electron chi connectivity index (χ3n) is 7.71. The van der Waals surface area contributed by atoms with Crippen molar-refractivity contribution in [1.82, 2.24) is 0 Å². The second-order valence-corrected chi connectivity index (χ2v) is 10.8. The van der Waals surface area contributed by atoms with Gasteiger partial charge in [-0.1, -0.05) is 12.1 Å². The van der Waals surface area contributed by atoms with Crippen LogP contribution in [0.4, 0.5) is 0 Å². The van der Waals surface area contributed by atoms with Crippen LogP contribution in [0.2, 0.25) is 0 Å². The molecule has 13 nitrogen and oxygen atoms in total. The van der Waals surface area contributed by atoms with Gasteiger partial charge in [0.05, 0.1) is 6.42 Å². The first-order valence-corrected chi connectivity index (χ1v) is 13.9. The van der Waals surface area contributed by atoms with Gasteiger partial charge in [0, 0.05) is 22.8 Å². The van der Waals surface area contributed by atoms with Crippen LogP contribution in [0.15, 0.2) is 48.5 Å². The minimum Gasteiger partial charge on any atom is -0.508 e. The molecule has 2 aliphatic heterocycles. The fourth-order valence-corrected chi connectivity index (χ4v) is 5.21. The summed E-state index contributed by atoms with van der Waals surface area (Å²) in [6, 6.07) is 9.82. The fraction of sp³-hybridized carbons (Fsp3) is 0.312. The SMILES string of the molecule is Cc1c(O)c2c(c(C)c1O[C@@H]1O[C@H](COC(=O)C=Cc3ccc(O)cc3)[C@@H](O)[C@H](O)[C@H]1O)O[C@H](c1cc(O)ccc1O)CC2=O. The van der Waals surface area contributed by atoms with Crippen LogP contribution in [0.5, 0.6) is 34.5 Å². The van der Waals surface area contributed by atoms with Crippen molar-refractivity contribution < 1.29 is 64.3 Å². The van der Waals surface area contributed by atoms with Crippen molar-refractivity contribution >= 4 is 17.8 Å². The van der Waals surface area contributed by atoms with Crippen LogP contribution in [-0.2, 0) is 14.3 Å². The molecule has 6 atom stereocenters. The number of rotatable bonds is 7. The summed E-state index contributed by atoms with van der Waals surface area (Å²) < 4.78 is 22.8. The Morgan fingerprint density at radius 1 is 0.933 bits per heavy atom. The lowest BCUT2D eigenvalue weighted by atomic mass is 9.91. The molecular weight excluding hydrogens is 592 g/mol. The van der Waals surface area contributed by atoms with E-state index in [0.29, 0.717) is 5.56 Å². The van der Waals surface area contributed by atoms with Crippen LogP contribution in [0.25, 0.3) is 6.08 Å². The molecule has 1 saturated heterocycles. The fourth-order valence-electron chi connectivity index (χ4n) is 5.21. The standard InChI is InChI=1S/C32H32O13/c1-14-26(38)25-21(36)12-22(19-11-18(34)8-9-20(19)35)43-31(25)15(2)30(14)45-32-29(41)28(40)27(39)23(44-32)13-42-24(37)10-5-16-3-6-17(33)7-4-16/h3-11,22-23,27-29,32-35,38-41H,12-13H2,1-2H3/t22-,23+,27+,28-,29+,32-/m0/s1. The third kappa shape index (κ3) is 6.37. The molecule has 0 unspecified atom stereocenters. The van der Waals surface area contributed by atoms with E-state index in [1.54, 1.807) is 12.1 Å². The molecule has 2 heterocycles.